The molecule has 0 bridgehead atoms. The Morgan fingerprint density at radius 1 is 0.958 bits per heavy atom. The molecule has 4 nitrogen and oxygen atoms in total. The fraction of sp³-hybridized carbons (Fsp3) is 0.0556. The molecule has 0 saturated carbocycles. The molecule has 6 heteroatoms. The average Bonchev–Trinajstić information content (AvgIpc) is 2.63. The number of anilines is 2. The first-order chi connectivity index (χ1) is 11.7. The summed E-state index contributed by atoms with van der Waals surface area (Å²) >= 11 is 0. The Kier molecular flexibility index (Phi) is 4.43. The Bertz CT molecular complexity index is 874. The molecule has 3 aromatic rings. The van der Waals surface area contributed by atoms with Crippen molar-refractivity contribution in [1.29, 1.82) is 5.26 Å². The maximum Gasteiger partial charge on any atom is 0.128 e. The Morgan fingerprint density at radius 2 is 1.67 bits per heavy atom. The van der Waals surface area contributed by atoms with E-state index in [1.54, 1.807) is 41.6 Å². The second kappa shape index (κ2) is 6.84. The van der Waals surface area contributed by atoms with E-state index in [9.17, 15) is 8.78 Å². The number of benzene rings is 2. The molecule has 118 valence electrons. The van der Waals surface area contributed by atoms with Gasteiger partial charge in [0.25, 0.3) is 0 Å². The lowest BCUT2D eigenvalue weighted by molar-refractivity contribution is 0.585. The average molecular weight is 322 g/mol. The van der Waals surface area contributed by atoms with Crippen molar-refractivity contribution >= 4 is 11.4 Å². The highest BCUT2D eigenvalue weighted by atomic mass is 19.1. The van der Waals surface area contributed by atoms with Crippen molar-refractivity contribution in [2.24, 2.45) is 0 Å². The lowest BCUT2D eigenvalue weighted by Gasteiger charge is -2.24. The molecular formula is C18H12F2N4. The Morgan fingerprint density at radius 3 is 2.33 bits per heavy atom. The molecule has 0 amide bonds. The lowest BCUT2D eigenvalue weighted by atomic mass is 10.1. The van der Waals surface area contributed by atoms with Gasteiger partial charge < -0.3 is 4.90 Å². The number of halogens is 2. The van der Waals surface area contributed by atoms with E-state index in [1.165, 1.54) is 6.33 Å². The summed E-state index contributed by atoms with van der Waals surface area (Å²) in [4.78, 5) is 9.70. The van der Waals surface area contributed by atoms with Gasteiger partial charge in [0, 0.05) is 11.3 Å². The molecular weight excluding hydrogens is 310 g/mol. The summed E-state index contributed by atoms with van der Waals surface area (Å²) in [7, 11) is 0. The Labute approximate surface area is 137 Å². The standard InChI is InChI=1S/C18H12F2N4/c19-15-3-6-18(20)14(7-15)11-24(17-9-22-12-23-10-17)16-4-1-13(8-21)2-5-16/h1-7,9-10,12H,11H2. The number of aromatic nitrogens is 2. The summed E-state index contributed by atoms with van der Waals surface area (Å²) in [5.74, 6) is -0.998. The van der Waals surface area contributed by atoms with E-state index in [1.807, 2.05) is 6.07 Å². The third-order valence-electron chi connectivity index (χ3n) is 3.50. The quantitative estimate of drug-likeness (QED) is 0.729. The molecule has 0 aliphatic heterocycles. The van der Waals surface area contributed by atoms with Crippen LogP contribution in [-0.2, 0) is 6.54 Å². The van der Waals surface area contributed by atoms with Crippen LogP contribution in [0.4, 0.5) is 20.2 Å². The minimum atomic E-state index is -0.504. The van der Waals surface area contributed by atoms with Gasteiger partial charge in [0.1, 0.15) is 18.0 Å². The highest BCUT2D eigenvalue weighted by Gasteiger charge is 2.14. The second-order valence-electron chi connectivity index (χ2n) is 5.08. The number of hydrogen-bond donors (Lipinski definition) is 0. The van der Waals surface area contributed by atoms with Crippen molar-refractivity contribution in [3.8, 4) is 6.07 Å². The van der Waals surface area contributed by atoms with Crippen molar-refractivity contribution in [2.45, 2.75) is 6.54 Å². The molecule has 3 rings (SSSR count). The molecule has 0 unspecified atom stereocenters. The van der Waals surface area contributed by atoms with Gasteiger partial charge in [-0.2, -0.15) is 5.26 Å². The zero-order valence-corrected chi connectivity index (χ0v) is 12.5. The normalized spacial score (nSPS) is 10.2. The molecule has 0 spiro atoms. The van der Waals surface area contributed by atoms with Gasteiger partial charge >= 0.3 is 0 Å². The van der Waals surface area contributed by atoms with Crippen LogP contribution >= 0.6 is 0 Å². The second-order valence-corrected chi connectivity index (χ2v) is 5.08. The Hall–Kier alpha value is -3.33. The maximum atomic E-state index is 14.0. The molecule has 2 aromatic carbocycles. The van der Waals surface area contributed by atoms with Gasteiger partial charge in [-0.15, -0.1) is 0 Å². The fourth-order valence-electron chi connectivity index (χ4n) is 2.31. The summed E-state index contributed by atoms with van der Waals surface area (Å²) in [6.45, 7) is 0.100. The third kappa shape index (κ3) is 3.36. The molecule has 24 heavy (non-hydrogen) atoms. The van der Waals surface area contributed by atoms with Gasteiger partial charge in [-0.3, -0.25) is 0 Å². The highest BCUT2D eigenvalue weighted by Crippen LogP contribution is 2.27. The van der Waals surface area contributed by atoms with E-state index < -0.39 is 11.6 Å². The largest absolute Gasteiger partial charge is 0.334 e. The molecule has 0 radical (unpaired) electrons. The summed E-state index contributed by atoms with van der Waals surface area (Å²) < 4.78 is 27.5. The molecule has 0 fully saturated rings. The van der Waals surface area contributed by atoms with Gasteiger partial charge in [-0.05, 0) is 42.5 Å². The van der Waals surface area contributed by atoms with Gasteiger partial charge in [0.15, 0.2) is 0 Å². The minimum absolute atomic E-state index is 0.100. The van der Waals surface area contributed by atoms with Crippen molar-refractivity contribution < 1.29 is 8.78 Å². The van der Waals surface area contributed by atoms with E-state index in [2.05, 4.69) is 9.97 Å². The smallest absolute Gasteiger partial charge is 0.128 e. The fourth-order valence-corrected chi connectivity index (χ4v) is 2.31. The van der Waals surface area contributed by atoms with Crippen LogP contribution < -0.4 is 4.90 Å². The van der Waals surface area contributed by atoms with Gasteiger partial charge in [0.05, 0.1) is 36.3 Å². The van der Waals surface area contributed by atoms with Crippen LogP contribution in [0.1, 0.15) is 11.1 Å². The first kappa shape index (κ1) is 15.6. The number of nitrogens with zero attached hydrogens (tertiary/aromatic N) is 4. The van der Waals surface area contributed by atoms with Gasteiger partial charge in [0.2, 0.25) is 0 Å². The summed E-state index contributed by atoms with van der Waals surface area (Å²) in [6.07, 6.45) is 4.56. The van der Waals surface area contributed by atoms with Crippen molar-refractivity contribution in [3.05, 3.63) is 83.9 Å². The topological polar surface area (TPSA) is 52.8 Å². The lowest BCUT2D eigenvalue weighted by Crippen LogP contribution is -2.18. The van der Waals surface area contributed by atoms with Crippen molar-refractivity contribution in [1.82, 2.24) is 9.97 Å². The molecule has 0 atom stereocenters. The van der Waals surface area contributed by atoms with Gasteiger partial charge in [-0.1, -0.05) is 0 Å². The first-order valence-corrected chi connectivity index (χ1v) is 7.14. The monoisotopic (exact) mass is 322 g/mol. The predicted molar refractivity (Wildman–Crippen MR) is 85.4 cm³/mol. The zero-order valence-electron chi connectivity index (χ0n) is 12.5. The summed E-state index contributed by atoms with van der Waals surface area (Å²) in [5, 5.41) is 8.91. The maximum absolute atomic E-state index is 14.0. The summed E-state index contributed by atoms with van der Waals surface area (Å²) in [6, 6.07) is 12.2. The molecule has 0 saturated heterocycles. The molecule has 1 heterocycles. The molecule has 0 aliphatic carbocycles. The number of rotatable bonds is 4. The van der Waals surface area contributed by atoms with Crippen LogP contribution in [0.5, 0.6) is 0 Å². The minimum Gasteiger partial charge on any atom is -0.334 e. The van der Waals surface area contributed by atoms with Crippen LogP contribution in [0, 0.1) is 23.0 Å². The molecule has 1 aromatic heterocycles. The van der Waals surface area contributed by atoms with Crippen molar-refractivity contribution in [2.75, 3.05) is 4.90 Å². The van der Waals surface area contributed by atoms with E-state index in [0.29, 0.717) is 16.9 Å². The van der Waals surface area contributed by atoms with Gasteiger partial charge in [-0.25, -0.2) is 18.7 Å². The van der Waals surface area contributed by atoms with E-state index in [-0.39, 0.29) is 12.1 Å². The highest BCUT2D eigenvalue weighted by molar-refractivity contribution is 5.62. The Balaban J connectivity index is 2.02. The molecule has 0 aliphatic rings. The molecule has 0 N–H and O–H groups in total. The number of hydrogen-bond acceptors (Lipinski definition) is 4. The van der Waals surface area contributed by atoms with Crippen molar-refractivity contribution in [3.63, 3.8) is 0 Å². The van der Waals surface area contributed by atoms with E-state index in [0.717, 1.165) is 18.2 Å². The van der Waals surface area contributed by atoms with Crippen LogP contribution in [0.15, 0.2) is 61.2 Å². The summed E-state index contributed by atoms with van der Waals surface area (Å²) in [5.41, 5.74) is 2.07. The van der Waals surface area contributed by atoms with E-state index >= 15 is 0 Å². The van der Waals surface area contributed by atoms with Crippen LogP contribution in [0.3, 0.4) is 0 Å². The van der Waals surface area contributed by atoms with Crippen LogP contribution in [0.2, 0.25) is 0 Å². The zero-order chi connectivity index (χ0) is 16.9. The van der Waals surface area contributed by atoms with Crippen LogP contribution in [-0.4, -0.2) is 9.97 Å². The van der Waals surface area contributed by atoms with E-state index in [4.69, 9.17) is 5.26 Å². The number of nitriles is 1. The SMILES string of the molecule is N#Cc1ccc(N(Cc2cc(F)ccc2F)c2cncnc2)cc1. The predicted octanol–water partition coefficient (Wildman–Crippen LogP) is 3.96. The third-order valence-corrected chi connectivity index (χ3v) is 3.50. The first-order valence-electron chi connectivity index (χ1n) is 7.14. The van der Waals surface area contributed by atoms with Crippen LogP contribution in [0.25, 0.3) is 0 Å².